The summed E-state index contributed by atoms with van der Waals surface area (Å²) in [5.74, 6) is 1.48. The number of nitrogens with one attached hydrogen (secondary N) is 1. The van der Waals surface area contributed by atoms with Gasteiger partial charge in [-0.3, -0.25) is 0 Å². The Morgan fingerprint density at radius 3 is 2.47 bits per heavy atom. The van der Waals surface area contributed by atoms with Gasteiger partial charge in [-0.2, -0.15) is 0 Å². The van der Waals surface area contributed by atoms with Gasteiger partial charge in [0, 0.05) is 6.04 Å². The molecule has 0 heterocycles. The summed E-state index contributed by atoms with van der Waals surface area (Å²) < 4.78 is 5.15. The fraction of sp³-hybridized carbons (Fsp3) is 0.917. The molecule has 0 aliphatic heterocycles. The third kappa shape index (κ3) is 3.73. The van der Waals surface area contributed by atoms with Crippen LogP contribution >= 0.6 is 0 Å². The molecule has 15 heavy (non-hydrogen) atoms. The number of hydrogen-bond donors (Lipinski definition) is 1. The van der Waals surface area contributed by atoms with Gasteiger partial charge in [-0.1, -0.05) is 6.92 Å². The van der Waals surface area contributed by atoms with Crippen LogP contribution < -0.4 is 5.32 Å². The Balaban J connectivity index is 1.60. The molecule has 0 unspecified atom stereocenters. The van der Waals surface area contributed by atoms with Gasteiger partial charge < -0.3 is 10.1 Å². The van der Waals surface area contributed by atoms with Crippen molar-refractivity contribution in [1.29, 1.82) is 0 Å². The summed E-state index contributed by atoms with van der Waals surface area (Å²) in [5.41, 5.74) is 0. The lowest BCUT2D eigenvalue weighted by molar-refractivity contribution is 0.133. The molecule has 2 saturated carbocycles. The molecule has 2 aliphatic carbocycles. The molecule has 1 amide bonds. The maximum absolute atomic E-state index is 11.4. The highest BCUT2D eigenvalue weighted by Crippen LogP contribution is 2.29. The molecule has 0 aromatic heterocycles. The van der Waals surface area contributed by atoms with E-state index in [1.54, 1.807) is 0 Å². The Hall–Kier alpha value is -0.730. The van der Waals surface area contributed by atoms with Gasteiger partial charge >= 0.3 is 6.09 Å². The molecule has 0 aromatic carbocycles. The van der Waals surface area contributed by atoms with Gasteiger partial charge in [0.2, 0.25) is 0 Å². The fourth-order valence-electron chi connectivity index (χ4n) is 2.09. The van der Waals surface area contributed by atoms with Crippen LogP contribution in [0.1, 0.15) is 45.4 Å². The van der Waals surface area contributed by atoms with Crippen molar-refractivity contribution in [2.45, 2.75) is 51.5 Å². The molecule has 0 bridgehead atoms. The molecule has 0 saturated heterocycles. The molecule has 2 aliphatic rings. The van der Waals surface area contributed by atoms with Gasteiger partial charge in [0.25, 0.3) is 0 Å². The fourth-order valence-corrected chi connectivity index (χ4v) is 2.09. The van der Waals surface area contributed by atoms with Crippen molar-refractivity contribution in [1.82, 2.24) is 5.32 Å². The Morgan fingerprint density at radius 2 is 1.87 bits per heavy atom. The molecule has 1 N–H and O–H groups in total. The second-order valence-corrected chi connectivity index (χ2v) is 5.14. The molecule has 0 atom stereocenters. The SMILES string of the molecule is CC1CCC(NC(=O)OCC2CC2)CC1. The number of carbonyl (C=O) groups excluding carboxylic acids is 1. The van der Waals surface area contributed by atoms with E-state index < -0.39 is 0 Å². The molecule has 3 heteroatoms. The number of rotatable bonds is 3. The van der Waals surface area contributed by atoms with E-state index in [1.807, 2.05) is 0 Å². The van der Waals surface area contributed by atoms with E-state index in [9.17, 15) is 4.79 Å². The minimum Gasteiger partial charge on any atom is -0.449 e. The predicted molar refractivity (Wildman–Crippen MR) is 58.6 cm³/mol. The van der Waals surface area contributed by atoms with E-state index >= 15 is 0 Å². The Bertz CT molecular complexity index is 218. The first kappa shape index (κ1) is 10.8. The van der Waals surface area contributed by atoms with Crippen molar-refractivity contribution in [2.75, 3.05) is 6.61 Å². The van der Waals surface area contributed by atoms with Gasteiger partial charge in [0.1, 0.15) is 0 Å². The average molecular weight is 211 g/mol. The van der Waals surface area contributed by atoms with E-state index in [1.165, 1.54) is 25.7 Å². The van der Waals surface area contributed by atoms with Crippen molar-refractivity contribution >= 4 is 6.09 Å². The summed E-state index contributed by atoms with van der Waals surface area (Å²) in [4.78, 5) is 11.4. The summed E-state index contributed by atoms with van der Waals surface area (Å²) >= 11 is 0. The first-order valence-corrected chi connectivity index (χ1v) is 6.17. The van der Waals surface area contributed by atoms with Crippen LogP contribution in [-0.2, 0) is 4.74 Å². The lowest BCUT2D eigenvalue weighted by Gasteiger charge is -2.26. The third-order valence-corrected chi connectivity index (χ3v) is 3.48. The van der Waals surface area contributed by atoms with E-state index in [0.717, 1.165) is 18.8 Å². The van der Waals surface area contributed by atoms with Crippen LogP contribution in [-0.4, -0.2) is 18.7 Å². The highest BCUT2D eigenvalue weighted by molar-refractivity contribution is 5.67. The van der Waals surface area contributed by atoms with Crippen molar-refractivity contribution in [3.05, 3.63) is 0 Å². The smallest absolute Gasteiger partial charge is 0.407 e. The molecular weight excluding hydrogens is 190 g/mol. The largest absolute Gasteiger partial charge is 0.449 e. The van der Waals surface area contributed by atoms with E-state index in [0.29, 0.717) is 18.6 Å². The molecule has 2 rings (SSSR count). The Labute approximate surface area is 91.6 Å². The van der Waals surface area contributed by atoms with Crippen LogP contribution in [0.25, 0.3) is 0 Å². The quantitative estimate of drug-likeness (QED) is 0.779. The monoisotopic (exact) mass is 211 g/mol. The number of hydrogen-bond acceptors (Lipinski definition) is 2. The first-order valence-electron chi connectivity index (χ1n) is 6.17. The second-order valence-electron chi connectivity index (χ2n) is 5.14. The highest BCUT2D eigenvalue weighted by Gasteiger charge is 2.24. The molecular formula is C12H21NO2. The summed E-state index contributed by atoms with van der Waals surface area (Å²) in [6, 6.07) is 0.355. The van der Waals surface area contributed by atoms with Crippen molar-refractivity contribution in [3.8, 4) is 0 Å². The van der Waals surface area contributed by atoms with Gasteiger partial charge in [0.15, 0.2) is 0 Å². The lowest BCUT2D eigenvalue weighted by Crippen LogP contribution is -2.37. The molecule has 0 spiro atoms. The van der Waals surface area contributed by atoms with Gasteiger partial charge in [0.05, 0.1) is 6.61 Å². The Morgan fingerprint density at radius 1 is 1.20 bits per heavy atom. The number of carbonyl (C=O) groups is 1. The standard InChI is InChI=1S/C12H21NO2/c1-9-2-6-11(7-3-9)13-12(14)15-8-10-4-5-10/h9-11H,2-8H2,1H3,(H,13,14). The maximum Gasteiger partial charge on any atom is 0.407 e. The highest BCUT2D eigenvalue weighted by atomic mass is 16.5. The van der Waals surface area contributed by atoms with Crippen molar-refractivity contribution < 1.29 is 9.53 Å². The van der Waals surface area contributed by atoms with Crippen LogP contribution in [0.4, 0.5) is 4.79 Å². The number of amides is 1. The van der Waals surface area contributed by atoms with E-state index in [2.05, 4.69) is 12.2 Å². The van der Waals surface area contributed by atoms with E-state index in [4.69, 9.17) is 4.74 Å². The molecule has 2 fully saturated rings. The topological polar surface area (TPSA) is 38.3 Å². The first-order chi connectivity index (χ1) is 7.24. The predicted octanol–water partition coefficient (Wildman–Crippen LogP) is 2.70. The minimum absolute atomic E-state index is 0.207. The molecule has 0 aromatic rings. The maximum atomic E-state index is 11.4. The normalized spacial score (nSPS) is 31.0. The zero-order valence-corrected chi connectivity index (χ0v) is 9.50. The number of ether oxygens (including phenoxy) is 1. The molecule has 0 radical (unpaired) electrons. The summed E-state index contributed by atoms with van der Waals surface area (Å²) in [5, 5.41) is 2.96. The number of alkyl carbamates (subject to hydrolysis) is 1. The summed E-state index contributed by atoms with van der Waals surface area (Å²) in [6.45, 7) is 2.90. The second kappa shape index (κ2) is 4.86. The van der Waals surface area contributed by atoms with Crippen LogP contribution in [0.3, 0.4) is 0 Å². The zero-order chi connectivity index (χ0) is 10.7. The van der Waals surface area contributed by atoms with Gasteiger partial charge in [-0.05, 0) is 50.4 Å². The third-order valence-electron chi connectivity index (χ3n) is 3.48. The van der Waals surface area contributed by atoms with Crippen LogP contribution in [0.15, 0.2) is 0 Å². The van der Waals surface area contributed by atoms with Crippen LogP contribution in [0.5, 0.6) is 0 Å². The summed E-state index contributed by atoms with van der Waals surface area (Å²) in [7, 11) is 0. The van der Waals surface area contributed by atoms with Gasteiger partial charge in [-0.25, -0.2) is 4.79 Å². The average Bonchev–Trinajstić information content (AvgIpc) is 3.02. The minimum atomic E-state index is -0.207. The van der Waals surface area contributed by atoms with E-state index in [-0.39, 0.29) is 6.09 Å². The Kier molecular flexibility index (Phi) is 3.49. The van der Waals surface area contributed by atoms with Crippen LogP contribution in [0, 0.1) is 11.8 Å². The van der Waals surface area contributed by atoms with Crippen molar-refractivity contribution in [2.24, 2.45) is 11.8 Å². The van der Waals surface area contributed by atoms with Gasteiger partial charge in [-0.15, -0.1) is 0 Å². The lowest BCUT2D eigenvalue weighted by atomic mass is 9.87. The van der Waals surface area contributed by atoms with Crippen molar-refractivity contribution in [3.63, 3.8) is 0 Å². The molecule has 86 valence electrons. The summed E-state index contributed by atoms with van der Waals surface area (Å²) in [6.07, 6.45) is 6.93. The molecule has 3 nitrogen and oxygen atoms in total. The van der Waals surface area contributed by atoms with Crippen LogP contribution in [0.2, 0.25) is 0 Å². The zero-order valence-electron chi connectivity index (χ0n) is 9.50.